The lowest BCUT2D eigenvalue weighted by Gasteiger charge is -2.21. The van der Waals surface area contributed by atoms with Crippen molar-refractivity contribution in [2.24, 2.45) is 5.73 Å². The van der Waals surface area contributed by atoms with Gasteiger partial charge in [0.15, 0.2) is 0 Å². The summed E-state index contributed by atoms with van der Waals surface area (Å²) in [4.78, 5) is 14.2. The average Bonchev–Trinajstić information content (AvgIpc) is 3.01. The molecule has 3 rings (SSSR count). The second kappa shape index (κ2) is 8.12. The van der Waals surface area contributed by atoms with Crippen molar-refractivity contribution in [3.05, 3.63) is 77.5 Å². The van der Waals surface area contributed by atoms with Crippen LogP contribution in [0.15, 0.2) is 60.7 Å². The van der Waals surface area contributed by atoms with Crippen LogP contribution in [0.4, 0.5) is 5.69 Å². The number of nitrogens with zero attached hydrogens (tertiary/aromatic N) is 2. The summed E-state index contributed by atoms with van der Waals surface area (Å²) in [5, 5.41) is 0. The van der Waals surface area contributed by atoms with Crippen LogP contribution in [-0.2, 0) is 6.54 Å². The lowest BCUT2D eigenvalue weighted by Crippen LogP contribution is -2.21. The normalized spacial score (nSPS) is 10.8. The van der Waals surface area contributed by atoms with E-state index in [0.717, 1.165) is 30.0 Å². The maximum atomic E-state index is 11.9. The largest absolute Gasteiger partial charge is 0.372 e. The summed E-state index contributed by atoms with van der Waals surface area (Å²) in [6.07, 6.45) is 0. The molecule has 0 saturated heterocycles. The molecule has 1 amide bonds. The molecule has 4 nitrogen and oxygen atoms in total. The van der Waals surface area contributed by atoms with E-state index in [2.05, 4.69) is 59.7 Å². The number of aromatic nitrogens is 1. The third-order valence-electron chi connectivity index (χ3n) is 5.11. The number of rotatable bonds is 7. The van der Waals surface area contributed by atoms with E-state index in [1.165, 1.54) is 11.3 Å². The summed E-state index contributed by atoms with van der Waals surface area (Å²) in [5.74, 6) is -0.389. The molecule has 0 saturated carbocycles. The molecular formula is C23H27N3O. The number of nitrogens with two attached hydrogens (primary N) is 1. The van der Waals surface area contributed by atoms with Crippen molar-refractivity contribution < 1.29 is 4.79 Å². The zero-order chi connectivity index (χ0) is 19.4. The predicted octanol–water partition coefficient (Wildman–Crippen LogP) is 4.46. The molecule has 0 spiro atoms. The highest BCUT2D eigenvalue weighted by Gasteiger charge is 2.17. The van der Waals surface area contributed by atoms with Gasteiger partial charge < -0.3 is 15.2 Å². The smallest absolute Gasteiger partial charge is 0.250 e. The maximum absolute atomic E-state index is 11.9. The maximum Gasteiger partial charge on any atom is 0.250 e. The van der Waals surface area contributed by atoms with Gasteiger partial charge in [-0.15, -0.1) is 0 Å². The van der Waals surface area contributed by atoms with Crippen LogP contribution in [0.1, 0.15) is 35.5 Å². The fraction of sp³-hybridized carbons (Fsp3) is 0.261. The van der Waals surface area contributed by atoms with E-state index in [4.69, 9.17) is 5.73 Å². The number of carbonyl (C=O) groups is 1. The van der Waals surface area contributed by atoms with Gasteiger partial charge in [0.25, 0.3) is 5.91 Å². The summed E-state index contributed by atoms with van der Waals surface area (Å²) in [6.45, 7) is 8.93. The number of benzene rings is 2. The molecule has 0 radical (unpaired) electrons. The monoisotopic (exact) mass is 361 g/mol. The number of carbonyl (C=O) groups excluding carboxylic acids is 1. The summed E-state index contributed by atoms with van der Waals surface area (Å²) in [7, 11) is 0. The van der Waals surface area contributed by atoms with E-state index in [1.54, 1.807) is 0 Å². The predicted molar refractivity (Wildman–Crippen MR) is 112 cm³/mol. The van der Waals surface area contributed by atoms with E-state index in [9.17, 15) is 4.79 Å². The van der Waals surface area contributed by atoms with Crippen LogP contribution in [0.2, 0.25) is 0 Å². The van der Waals surface area contributed by atoms with Crippen molar-refractivity contribution in [1.29, 1.82) is 0 Å². The Morgan fingerprint density at radius 2 is 1.63 bits per heavy atom. The van der Waals surface area contributed by atoms with Crippen LogP contribution in [-0.4, -0.2) is 23.6 Å². The van der Waals surface area contributed by atoms with Crippen LogP contribution in [0, 0.1) is 6.92 Å². The molecule has 27 heavy (non-hydrogen) atoms. The Balaban J connectivity index is 2.03. The van der Waals surface area contributed by atoms with E-state index in [1.807, 2.05) is 31.2 Å². The van der Waals surface area contributed by atoms with Gasteiger partial charge in [0.2, 0.25) is 0 Å². The minimum absolute atomic E-state index is 0.389. The first-order valence-electron chi connectivity index (χ1n) is 9.44. The third-order valence-corrected chi connectivity index (χ3v) is 5.11. The SMILES string of the molecule is CCN(CC)c1ccc(-c2cc(C(N)=O)c(C)n2Cc2ccccc2)cc1. The molecular weight excluding hydrogens is 334 g/mol. The average molecular weight is 361 g/mol. The molecule has 0 aliphatic heterocycles. The van der Waals surface area contributed by atoms with Gasteiger partial charge in [0.05, 0.1) is 5.56 Å². The Kier molecular flexibility index (Phi) is 5.65. The van der Waals surface area contributed by atoms with Crippen molar-refractivity contribution in [1.82, 2.24) is 4.57 Å². The summed E-state index contributed by atoms with van der Waals surface area (Å²) in [6, 6.07) is 20.7. The van der Waals surface area contributed by atoms with Crippen molar-refractivity contribution in [2.75, 3.05) is 18.0 Å². The molecule has 4 heteroatoms. The second-order valence-electron chi connectivity index (χ2n) is 6.68. The van der Waals surface area contributed by atoms with Gasteiger partial charge in [-0.25, -0.2) is 0 Å². The molecule has 0 unspecified atom stereocenters. The number of hydrogen-bond acceptors (Lipinski definition) is 2. The van der Waals surface area contributed by atoms with Crippen LogP contribution < -0.4 is 10.6 Å². The summed E-state index contributed by atoms with van der Waals surface area (Å²) < 4.78 is 2.17. The van der Waals surface area contributed by atoms with Gasteiger partial charge in [-0.3, -0.25) is 4.79 Å². The minimum atomic E-state index is -0.389. The zero-order valence-corrected chi connectivity index (χ0v) is 16.3. The molecule has 2 aromatic carbocycles. The zero-order valence-electron chi connectivity index (χ0n) is 16.3. The molecule has 0 atom stereocenters. The second-order valence-corrected chi connectivity index (χ2v) is 6.68. The number of hydrogen-bond donors (Lipinski definition) is 1. The highest BCUT2D eigenvalue weighted by Crippen LogP contribution is 2.28. The van der Waals surface area contributed by atoms with Crippen LogP contribution in [0.25, 0.3) is 11.3 Å². The van der Waals surface area contributed by atoms with Crippen molar-refractivity contribution >= 4 is 11.6 Å². The molecule has 1 heterocycles. The van der Waals surface area contributed by atoms with Gasteiger partial charge in [0, 0.05) is 36.7 Å². The quantitative estimate of drug-likeness (QED) is 0.675. The van der Waals surface area contributed by atoms with E-state index in [-0.39, 0.29) is 5.91 Å². The first-order chi connectivity index (χ1) is 13.0. The van der Waals surface area contributed by atoms with E-state index < -0.39 is 0 Å². The standard InChI is InChI=1S/C23H27N3O/c1-4-25(5-2)20-13-11-19(12-14-20)22-15-21(23(24)27)17(3)26(22)16-18-9-7-6-8-10-18/h6-15H,4-5,16H2,1-3H3,(H2,24,27). The molecule has 2 N–H and O–H groups in total. The van der Waals surface area contributed by atoms with E-state index >= 15 is 0 Å². The number of primary amides is 1. The molecule has 0 aliphatic rings. The molecule has 3 aromatic rings. The summed E-state index contributed by atoms with van der Waals surface area (Å²) >= 11 is 0. The molecule has 140 valence electrons. The Labute approximate surface area is 161 Å². The third kappa shape index (κ3) is 3.90. The van der Waals surface area contributed by atoms with Crippen molar-refractivity contribution in [3.8, 4) is 11.3 Å². The Hall–Kier alpha value is -3.01. The van der Waals surface area contributed by atoms with E-state index in [0.29, 0.717) is 12.1 Å². The molecule has 0 fully saturated rings. The highest BCUT2D eigenvalue weighted by molar-refractivity contribution is 5.95. The lowest BCUT2D eigenvalue weighted by atomic mass is 10.1. The first-order valence-corrected chi connectivity index (χ1v) is 9.44. The molecule has 0 aliphatic carbocycles. The van der Waals surface area contributed by atoms with Crippen molar-refractivity contribution in [2.45, 2.75) is 27.3 Å². The van der Waals surface area contributed by atoms with Crippen LogP contribution >= 0.6 is 0 Å². The first kappa shape index (κ1) is 18.8. The topological polar surface area (TPSA) is 51.3 Å². The Morgan fingerprint density at radius 1 is 1.00 bits per heavy atom. The molecule has 0 bridgehead atoms. The number of anilines is 1. The minimum Gasteiger partial charge on any atom is -0.372 e. The highest BCUT2D eigenvalue weighted by atomic mass is 16.1. The Bertz CT molecular complexity index is 907. The lowest BCUT2D eigenvalue weighted by molar-refractivity contribution is 0.0999. The fourth-order valence-electron chi connectivity index (χ4n) is 3.54. The van der Waals surface area contributed by atoms with Gasteiger partial charge >= 0.3 is 0 Å². The Morgan fingerprint density at radius 3 is 2.19 bits per heavy atom. The van der Waals surface area contributed by atoms with Gasteiger partial charge in [0.1, 0.15) is 0 Å². The van der Waals surface area contributed by atoms with Gasteiger partial charge in [-0.1, -0.05) is 42.5 Å². The van der Waals surface area contributed by atoms with Gasteiger partial charge in [-0.05, 0) is 50.1 Å². The van der Waals surface area contributed by atoms with Crippen molar-refractivity contribution in [3.63, 3.8) is 0 Å². The van der Waals surface area contributed by atoms with Gasteiger partial charge in [-0.2, -0.15) is 0 Å². The summed E-state index contributed by atoms with van der Waals surface area (Å²) in [5.41, 5.74) is 11.6. The van der Waals surface area contributed by atoms with Crippen LogP contribution in [0.3, 0.4) is 0 Å². The molecule has 1 aromatic heterocycles. The number of amides is 1. The van der Waals surface area contributed by atoms with Crippen LogP contribution in [0.5, 0.6) is 0 Å². The fourth-order valence-corrected chi connectivity index (χ4v) is 3.54.